The summed E-state index contributed by atoms with van der Waals surface area (Å²) in [7, 11) is 0. The van der Waals surface area contributed by atoms with Crippen molar-refractivity contribution in [2.24, 2.45) is 0 Å². The van der Waals surface area contributed by atoms with Crippen LogP contribution in [0.15, 0.2) is 18.2 Å². The van der Waals surface area contributed by atoms with Crippen molar-refractivity contribution in [3.8, 4) is 11.8 Å². The molecule has 0 radical (unpaired) electrons. The maximum absolute atomic E-state index is 11.6. The van der Waals surface area contributed by atoms with Gasteiger partial charge in [-0.2, -0.15) is 5.26 Å². The number of amides is 1. The molecule has 0 fully saturated rings. The van der Waals surface area contributed by atoms with E-state index in [9.17, 15) is 9.59 Å². The van der Waals surface area contributed by atoms with Gasteiger partial charge in [-0.1, -0.05) is 12.1 Å². The third-order valence-electron chi connectivity index (χ3n) is 2.95. The third kappa shape index (κ3) is 3.10. The molecule has 2 rings (SSSR count). The SMILES string of the molecule is N#CCCNC(=O)COc1cccc2c1CCC2=O. The van der Waals surface area contributed by atoms with Crippen molar-refractivity contribution in [2.45, 2.75) is 19.3 Å². The van der Waals surface area contributed by atoms with Crippen molar-refractivity contribution in [3.05, 3.63) is 29.3 Å². The van der Waals surface area contributed by atoms with Gasteiger partial charge in [0, 0.05) is 24.1 Å². The molecule has 1 aliphatic rings. The minimum Gasteiger partial charge on any atom is -0.483 e. The molecule has 0 spiro atoms. The Morgan fingerprint density at radius 1 is 1.42 bits per heavy atom. The lowest BCUT2D eigenvalue weighted by molar-refractivity contribution is -0.123. The molecule has 1 aromatic rings. The lowest BCUT2D eigenvalue weighted by Gasteiger charge is -2.10. The summed E-state index contributed by atoms with van der Waals surface area (Å²) in [5.41, 5.74) is 1.58. The molecular formula is C14H14N2O3. The summed E-state index contributed by atoms with van der Waals surface area (Å²) < 4.78 is 5.44. The van der Waals surface area contributed by atoms with Crippen LogP contribution >= 0.6 is 0 Å². The van der Waals surface area contributed by atoms with Crippen LogP contribution in [0.4, 0.5) is 0 Å². The third-order valence-corrected chi connectivity index (χ3v) is 2.95. The molecule has 0 heterocycles. The number of rotatable bonds is 5. The zero-order valence-corrected chi connectivity index (χ0v) is 10.4. The van der Waals surface area contributed by atoms with Crippen LogP contribution in [0.3, 0.4) is 0 Å². The topological polar surface area (TPSA) is 79.2 Å². The minimum absolute atomic E-state index is 0.101. The molecule has 0 atom stereocenters. The van der Waals surface area contributed by atoms with Crippen molar-refractivity contribution in [3.63, 3.8) is 0 Å². The largest absolute Gasteiger partial charge is 0.483 e. The number of ketones is 1. The number of hydrogen-bond donors (Lipinski definition) is 1. The molecule has 0 unspecified atom stereocenters. The fourth-order valence-electron chi connectivity index (χ4n) is 2.05. The van der Waals surface area contributed by atoms with Gasteiger partial charge in [0.25, 0.3) is 5.91 Å². The number of carbonyl (C=O) groups excluding carboxylic acids is 2. The number of hydrogen-bond acceptors (Lipinski definition) is 4. The van der Waals surface area contributed by atoms with Crippen molar-refractivity contribution in [1.82, 2.24) is 5.32 Å². The Hall–Kier alpha value is -2.35. The Morgan fingerprint density at radius 3 is 3.05 bits per heavy atom. The molecule has 0 saturated heterocycles. The molecule has 5 nitrogen and oxygen atoms in total. The first-order valence-corrected chi connectivity index (χ1v) is 6.14. The van der Waals surface area contributed by atoms with Crippen molar-refractivity contribution < 1.29 is 14.3 Å². The molecule has 0 aliphatic heterocycles. The number of nitriles is 1. The lowest BCUT2D eigenvalue weighted by Crippen LogP contribution is -2.29. The maximum atomic E-state index is 11.6. The van der Waals surface area contributed by atoms with Gasteiger partial charge in [0.2, 0.25) is 0 Å². The Kier molecular flexibility index (Phi) is 4.14. The van der Waals surface area contributed by atoms with Gasteiger partial charge >= 0.3 is 0 Å². The summed E-state index contributed by atoms with van der Waals surface area (Å²) in [6, 6.07) is 7.24. The van der Waals surface area contributed by atoms with Crippen LogP contribution in [-0.2, 0) is 11.2 Å². The lowest BCUT2D eigenvalue weighted by atomic mass is 10.1. The first-order valence-electron chi connectivity index (χ1n) is 6.14. The van der Waals surface area contributed by atoms with Crippen LogP contribution in [0.1, 0.15) is 28.8 Å². The second-order valence-corrected chi connectivity index (χ2v) is 4.25. The highest BCUT2D eigenvalue weighted by molar-refractivity contribution is 6.01. The highest BCUT2D eigenvalue weighted by Crippen LogP contribution is 2.30. The smallest absolute Gasteiger partial charge is 0.257 e. The first kappa shape index (κ1) is 13.1. The molecule has 1 N–H and O–H groups in total. The highest BCUT2D eigenvalue weighted by Gasteiger charge is 2.22. The van der Waals surface area contributed by atoms with E-state index in [4.69, 9.17) is 10.00 Å². The standard InChI is InChI=1S/C14H14N2O3/c15-7-2-8-16-14(18)9-19-13-4-1-3-10-11(13)5-6-12(10)17/h1,3-4H,2,5-6,8-9H2,(H,16,18). The summed E-state index contributed by atoms with van der Waals surface area (Å²) in [6.45, 7) is 0.222. The van der Waals surface area contributed by atoms with E-state index in [1.54, 1.807) is 18.2 Å². The number of Topliss-reactive ketones (excluding diaryl/α,β-unsaturated/α-hetero) is 1. The van der Waals surface area contributed by atoms with Crippen LogP contribution in [-0.4, -0.2) is 24.8 Å². The average molecular weight is 258 g/mol. The number of nitrogens with zero attached hydrogens (tertiary/aromatic N) is 1. The van der Waals surface area contributed by atoms with Crippen LogP contribution in [0.5, 0.6) is 5.75 Å². The zero-order chi connectivity index (χ0) is 13.7. The fourth-order valence-corrected chi connectivity index (χ4v) is 2.05. The van der Waals surface area contributed by atoms with Gasteiger partial charge in [-0.05, 0) is 12.5 Å². The summed E-state index contributed by atoms with van der Waals surface area (Å²) in [6.07, 6.45) is 1.45. The van der Waals surface area contributed by atoms with Crippen LogP contribution in [0.2, 0.25) is 0 Å². The molecule has 98 valence electrons. The molecule has 19 heavy (non-hydrogen) atoms. The van der Waals surface area contributed by atoms with Crippen molar-refractivity contribution in [1.29, 1.82) is 5.26 Å². The van der Waals surface area contributed by atoms with Crippen LogP contribution < -0.4 is 10.1 Å². The number of carbonyl (C=O) groups is 2. The monoisotopic (exact) mass is 258 g/mol. The van der Waals surface area contributed by atoms with E-state index in [1.807, 2.05) is 6.07 Å². The molecular weight excluding hydrogens is 244 g/mol. The van der Waals surface area contributed by atoms with Gasteiger partial charge in [0.15, 0.2) is 12.4 Å². The number of nitrogens with one attached hydrogen (secondary N) is 1. The predicted octanol–water partition coefficient (Wildman–Crippen LogP) is 1.22. The van der Waals surface area contributed by atoms with Gasteiger partial charge < -0.3 is 10.1 Å². The molecule has 5 heteroatoms. The summed E-state index contributed by atoms with van der Waals surface area (Å²) >= 11 is 0. The van der Waals surface area contributed by atoms with E-state index in [-0.39, 0.29) is 24.7 Å². The molecule has 0 aromatic heterocycles. The minimum atomic E-state index is -0.267. The van der Waals surface area contributed by atoms with E-state index in [1.165, 1.54) is 0 Å². The van der Waals surface area contributed by atoms with Crippen molar-refractivity contribution in [2.75, 3.05) is 13.2 Å². The average Bonchev–Trinajstić information content (AvgIpc) is 2.79. The van der Waals surface area contributed by atoms with Gasteiger partial charge in [-0.15, -0.1) is 0 Å². The van der Waals surface area contributed by atoms with E-state index < -0.39 is 0 Å². The summed E-state index contributed by atoms with van der Waals surface area (Å²) in [5.74, 6) is 0.454. The molecule has 1 amide bonds. The van der Waals surface area contributed by atoms with Crippen molar-refractivity contribution >= 4 is 11.7 Å². The van der Waals surface area contributed by atoms with E-state index in [0.29, 0.717) is 30.7 Å². The quantitative estimate of drug-likeness (QED) is 0.805. The second-order valence-electron chi connectivity index (χ2n) is 4.25. The Morgan fingerprint density at radius 2 is 2.26 bits per heavy atom. The maximum Gasteiger partial charge on any atom is 0.257 e. The van der Waals surface area contributed by atoms with E-state index in [0.717, 1.165) is 5.56 Å². The van der Waals surface area contributed by atoms with E-state index in [2.05, 4.69) is 5.32 Å². The fraction of sp³-hybridized carbons (Fsp3) is 0.357. The molecule has 1 aromatic carbocycles. The molecule has 0 saturated carbocycles. The van der Waals surface area contributed by atoms with Crippen LogP contribution in [0, 0.1) is 11.3 Å². The Labute approximate surface area is 111 Å². The van der Waals surface area contributed by atoms with Gasteiger partial charge in [-0.25, -0.2) is 0 Å². The van der Waals surface area contributed by atoms with Gasteiger partial charge in [0.05, 0.1) is 12.5 Å². The molecule has 1 aliphatic carbocycles. The first-order chi connectivity index (χ1) is 9.22. The summed E-state index contributed by atoms with van der Waals surface area (Å²) in [4.78, 5) is 23.0. The predicted molar refractivity (Wildman–Crippen MR) is 67.8 cm³/mol. The number of benzene rings is 1. The van der Waals surface area contributed by atoms with E-state index >= 15 is 0 Å². The summed E-state index contributed by atoms with van der Waals surface area (Å²) in [5, 5.41) is 10.9. The Bertz CT molecular complexity index is 546. The van der Waals surface area contributed by atoms with Crippen LogP contribution in [0.25, 0.3) is 0 Å². The number of ether oxygens (including phenoxy) is 1. The number of fused-ring (bicyclic) bond motifs is 1. The Balaban J connectivity index is 1.92. The van der Waals surface area contributed by atoms with Gasteiger partial charge in [-0.3, -0.25) is 9.59 Å². The normalized spacial score (nSPS) is 12.7. The second kappa shape index (κ2) is 6.01. The zero-order valence-electron chi connectivity index (χ0n) is 10.4. The molecule has 0 bridgehead atoms. The van der Waals surface area contributed by atoms with Gasteiger partial charge in [0.1, 0.15) is 5.75 Å². The highest BCUT2D eigenvalue weighted by atomic mass is 16.5.